The summed E-state index contributed by atoms with van der Waals surface area (Å²) in [5.74, 6) is -0.119. The lowest BCUT2D eigenvalue weighted by atomic mass is 10.0. The molecule has 2 fully saturated rings. The van der Waals surface area contributed by atoms with E-state index in [1.807, 2.05) is 0 Å². The summed E-state index contributed by atoms with van der Waals surface area (Å²) in [6.07, 6.45) is -1.35. The first kappa shape index (κ1) is 20.8. The number of carbonyl (C=O) groups is 2. The monoisotopic (exact) mass is 437 g/mol. The first-order valence-electron chi connectivity index (χ1n) is 9.97. The van der Waals surface area contributed by atoms with Crippen LogP contribution >= 0.6 is 11.3 Å². The number of anilines is 1. The Kier molecular flexibility index (Phi) is 5.57. The highest BCUT2D eigenvalue weighted by atomic mass is 32.1. The predicted octanol–water partition coefficient (Wildman–Crippen LogP) is 4.58. The molecule has 0 spiro atoms. The fourth-order valence-electron chi connectivity index (χ4n) is 3.82. The second-order valence-corrected chi connectivity index (χ2v) is 8.62. The zero-order chi connectivity index (χ0) is 21.5. The van der Waals surface area contributed by atoms with Crippen LogP contribution < -0.4 is 4.90 Å². The number of nitrogens with zero attached hydrogens (tertiary/aromatic N) is 3. The van der Waals surface area contributed by atoms with Gasteiger partial charge >= 0.3 is 6.18 Å². The van der Waals surface area contributed by atoms with Crippen LogP contribution in [-0.2, 0) is 22.2 Å². The number of benzene rings is 1. The van der Waals surface area contributed by atoms with Crippen molar-refractivity contribution in [1.29, 1.82) is 0 Å². The van der Waals surface area contributed by atoms with Gasteiger partial charge in [0.25, 0.3) is 0 Å². The Labute approximate surface area is 176 Å². The molecule has 9 heteroatoms. The van der Waals surface area contributed by atoms with Crippen LogP contribution in [0.2, 0.25) is 0 Å². The van der Waals surface area contributed by atoms with Crippen molar-refractivity contribution in [2.75, 3.05) is 11.4 Å². The molecule has 1 aromatic heterocycles. The van der Waals surface area contributed by atoms with E-state index in [1.165, 1.54) is 17.4 Å². The third-order valence-corrected chi connectivity index (χ3v) is 6.43. The molecule has 0 radical (unpaired) electrons. The summed E-state index contributed by atoms with van der Waals surface area (Å²) in [5, 5.41) is 2.38. The van der Waals surface area contributed by atoms with Crippen molar-refractivity contribution in [3.63, 3.8) is 0 Å². The minimum atomic E-state index is -4.42. The van der Waals surface area contributed by atoms with Crippen LogP contribution in [0.25, 0.3) is 0 Å². The molecular weight excluding hydrogens is 415 g/mol. The number of hydrogen-bond donors (Lipinski definition) is 0. The molecule has 1 saturated heterocycles. The second-order valence-electron chi connectivity index (χ2n) is 7.78. The van der Waals surface area contributed by atoms with Gasteiger partial charge in [-0.2, -0.15) is 13.2 Å². The Bertz CT molecular complexity index is 955. The van der Waals surface area contributed by atoms with Crippen molar-refractivity contribution in [2.45, 2.75) is 57.3 Å². The highest BCUT2D eigenvalue weighted by Crippen LogP contribution is 2.37. The molecule has 1 atom stereocenters. The van der Waals surface area contributed by atoms with Crippen molar-refractivity contribution in [3.8, 4) is 0 Å². The Morgan fingerprint density at radius 1 is 1.37 bits per heavy atom. The lowest BCUT2D eigenvalue weighted by Crippen LogP contribution is -2.36. The van der Waals surface area contributed by atoms with Gasteiger partial charge in [-0.15, -0.1) is 11.3 Å². The molecule has 2 aliphatic rings. The molecule has 1 saturated carbocycles. The molecule has 2 amide bonds. The quantitative estimate of drug-likeness (QED) is 0.665. The summed E-state index contributed by atoms with van der Waals surface area (Å²) >= 11 is 1.34. The van der Waals surface area contributed by atoms with E-state index < -0.39 is 17.8 Å². The average Bonchev–Trinajstić information content (AvgIpc) is 3.26. The number of thiazole rings is 1. The number of amides is 2. The summed E-state index contributed by atoms with van der Waals surface area (Å²) in [4.78, 5) is 32.7. The highest BCUT2D eigenvalue weighted by Gasteiger charge is 2.37. The summed E-state index contributed by atoms with van der Waals surface area (Å²) in [6.45, 7) is 2.40. The molecule has 160 valence electrons. The summed E-state index contributed by atoms with van der Waals surface area (Å²) in [5.41, 5.74) is 0.336. The predicted molar refractivity (Wildman–Crippen MR) is 107 cm³/mol. The van der Waals surface area contributed by atoms with Gasteiger partial charge in [-0.1, -0.05) is 12.1 Å². The first-order chi connectivity index (χ1) is 14.2. The Balaban J connectivity index is 1.50. The Morgan fingerprint density at radius 3 is 2.77 bits per heavy atom. The van der Waals surface area contributed by atoms with E-state index in [0.717, 1.165) is 31.4 Å². The third-order valence-electron chi connectivity index (χ3n) is 5.52. The number of hydrogen-bond acceptors (Lipinski definition) is 4. The summed E-state index contributed by atoms with van der Waals surface area (Å²) in [7, 11) is 0. The van der Waals surface area contributed by atoms with Crippen molar-refractivity contribution < 1.29 is 22.8 Å². The third kappa shape index (κ3) is 4.35. The van der Waals surface area contributed by atoms with Gasteiger partial charge in [0, 0.05) is 24.4 Å². The van der Waals surface area contributed by atoms with E-state index in [4.69, 9.17) is 0 Å². The minimum Gasteiger partial charge on any atom is -0.333 e. The number of carbonyl (C=O) groups excluding carboxylic acids is 2. The van der Waals surface area contributed by atoms with Crippen LogP contribution in [0.15, 0.2) is 29.6 Å². The molecule has 2 aromatic rings. The molecule has 1 aliphatic carbocycles. The lowest BCUT2D eigenvalue weighted by molar-refractivity contribution is -0.137. The fourth-order valence-corrected chi connectivity index (χ4v) is 4.69. The van der Waals surface area contributed by atoms with Crippen LogP contribution in [-0.4, -0.2) is 34.3 Å². The van der Waals surface area contributed by atoms with Gasteiger partial charge in [0.1, 0.15) is 0 Å². The number of halogens is 3. The maximum absolute atomic E-state index is 13.1. The van der Waals surface area contributed by atoms with Gasteiger partial charge in [-0.25, -0.2) is 4.98 Å². The molecule has 1 aromatic carbocycles. The molecule has 0 N–H and O–H groups in total. The zero-order valence-corrected chi connectivity index (χ0v) is 17.3. The summed E-state index contributed by atoms with van der Waals surface area (Å²) < 4.78 is 39.3. The maximum Gasteiger partial charge on any atom is 0.416 e. The SMILES string of the molecule is CC(c1cccc(C(F)(F)F)c1)N(C(=O)Cc1csc(N2CCCC2=O)n1)C1CC1. The van der Waals surface area contributed by atoms with E-state index in [0.29, 0.717) is 29.4 Å². The van der Waals surface area contributed by atoms with E-state index >= 15 is 0 Å². The first-order valence-corrected chi connectivity index (χ1v) is 10.8. The van der Waals surface area contributed by atoms with Gasteiger partial charge in [0.15, 0.2) is 5.13 Å². The maximum atomic E-state index is 13.1. The molecule has 5 nitrogen and oxygen atoms in total. The van der Waals surface area contributed by atoms with E-state index in [-0.39, 0.29) is 24.3 Å². The zero-order valence-electron chi connectivity index (χ0n) is 16.5. The molecule has 2 heterocycles. The standard InChI is InChI=1S/C21H22F3N3O2S/c1-13(14-4-2-5-15(10-14)21(22,23)24)27(17-7-8-17)19(29)11-16-12-30-20(25-16)26-9-3-6-18(26)28/h2,4-5,10,12-13,17H,3,6-9,11H2,1H3. The van der Waals surface area contributed by atoms with Crippen molar-refractivity contribution in [1.82, 2.24) is 9.88 Å². The van der Waals surface area contributed by atoms with E-state index in [9.17, 15) is 22.8 Å². The Morgan fingerprint density at radius 2 is 2.13 bits per heavy atom. The van der Waals surface area contributed by atoms with Crippen molar-refractivity contribution in [2.24, 2.45) is 0 Å². The molecule has 30 heavy (non-hydrogen) atoms. The highest BCUT2D eigenvalue weighted by molar-refractivity contribution is 7.14. The van der Waals surface area contributed by atoms with Gasteiger partial charge in [0.05, 0.1) is 23.7 Å². The van der Waals surface area contributed by atoms with Gasteiger partial charge in [-0.3, -0.25) is 14.5 Å². The van der Waals surface area contributed by atoms with E-state index in [2.05, 4.69) is 4.98 Å². The molecule has 1 aliphatic heterocycles. The molecule has 0 bridgehead atoms. The second kappa shape index (κ2) is 8.02. The smallest absolute Gasteiger partial charge is 0.333 e. The minimum absolute atomic E-state index is 0.0417. The van der Waals surface area contributed by atoms with Crippen LogP contribution in [0.3, 0.4) is 0 Å². The fraction of sp³-hybridized carbons (Fsp3) is 0.476. The normalized spacial score (nSPS) is 18.0. The Hall–Kier alpha value is -2.42. The lowest BCUT2D eigenvalue weighted by Gasteiger charge is -2.30. The topological polar surface area (TPSA) is 53.5 Å². The largest absolute Gasteiger partial charge is 0.416 e. The molecular formula is C21H22F3N3O2S. The van der Waals surface area contributed by atoms with Crippen molar-refractivity contribution in [3.05, 3.63) is 46.5 Å². The van der Waals surface area contributed by atoms with Crippen LogP contribution in [0.5, 0.6) is 0 Å². The average molecular weight is 437 g/mol. The van der Waals surface area contributed by atoms with E-state index in [1.54, 1.807) is 28.2 Å². The summed E-state index contributed by atoms with van der Waals surface area (Å²) in [6, 6.07) is 4.74. The van der Waals surface area contributed by atoms with Crippen molar-refractivity contribution >= 4 is 28.3 Å². The number of alkyl halides is 3. The molecule has 1 unspecified atom stereocenters. The van der Waals surface area contributed by atoms with Crippen LogP contribution in [0.1, 0.15) is 55.5 Å². The van der Waals surface area contributed by atoms with Gasteiger partial charge in [-0.05, 0) is 43.9 Å². The van der Waals surface area contributed by atoms with Crippen LogP contribution in [0, 0.1) is 0 Å². The van der Waals surface area contributed by atoms with Gasteiger partial charge < -0.3 is 4.90 Å². The van der Waals surface area contributed by atoms with Gasteiger partial charge in [0.2, 0.25) is 11.8 Å². The number of aromatic nitrogens is 1. The number of rotatable bonds is 6. The molecule has 4 rings (SSSR count). The van der Waals surface area contributed by atoms with Crippen LogP contribution in [0.4, 0.5) is 18.3 Å².